The number of anilines is 2. The fourth-order valence-corrected chi connectivity index (χ4v) is 1.94. The third kappa shape index (κ3) is 3.65. The highest BCUT2D eigenvalue weighted by molar-refractivity contribution is 5.94. The number of amides is 1. The van der Waals surface area contributed by atoms with Crippen molar-refractivity contribution in [2.24, 2.45) is 5.73 Å². The van der Waals surface area contributed by atoms with Crippen LogP contribution < -0.4 is 16.0 Å². The Bertz CT molecular complexity index is 423. The van der Waals surface area contributed by atoms with Gasteiger partial charge in [-0.2, -0.15) is 0 Å². The van der Waals surface area contributed by atoms with Gasteiger partial charge in [-0.15, -0.1) is 0 Å². The fraction of sp³-hybridized carbons (Fsp3) is 0.538. The first-order valence-corrected chi connectivity index (χ1v) is 6.52. The molecule has 19 heavy (non-hydrogen) atoms. The van der Waals surface area contributed by atoms with E-state index >= 15 is 0 Å². The summed E-state index contributed by atoms with van der Waals surface area (Å²) in [5, 5.41) is 2.73. The molecule has 0 radical (unpaired) electrons. The number of aromatic nitrogens is 1. The van der Waals surface area contributed by atoms with Crippen LogP contribution >= 0.6 is 0 Å². The molecule has 0 spiro atoms. The predicted molar refractivity (Wildman–Crippen MR) is 76.2 cm³/mol. The molecule has 0 saturated carbocycles. The summed E-state index contributed by atoms with van der Waals surface area (Å²) >= 11 is 0. The summed E-state index contributed by atoms with van der Waals surface area (Å²) in [6.07, 6.45) is 1.67. The van der Waals surface area contributed by atoms with Gasteiger partial charge < -0.3 is 20.9 Å². The van der Waals surface area contributed by atoms with Crippen LogP contribution in [0.4, 0.5) is 11.5 Å². The molecule has 1 aliphatic rings. The molecule has 0 aliphatic carbocycles. The smallest absolute Gasteiger partial charge is 0.241 e. The molecule has 2 heterocycles. The van der Waals surface area contributed by atoms with Gasteiger partial charge >= 0.3 is 0 Å². The van der Waals surface area contributed by atoms with E-state index in [2.05, 4.69) is 27.1 Å². The van der Waals surface area contributed by atoms with Gasteiger partial charge in [-0.25, -0.2) is 4.98 Å². The van der Waals surface area contributed by atoms with E-state index in [-0.39, 0.29) is 5.91 Å². The monoisotopic (exact) mass is 263 g/mol. The molecular weight excluding hydrogens is 242 g/mol. The SMILES string of the molecule is C[C@@H](N)C(=O)Nc1ccc(N2CCN(C)CC2)nc1. The van der Waals surface area contributed by atoms with E-state index in [1.807, 2.05) is 12.1 Å². The Morgan fingerprint density at radius 3 is 2.58 bits per heavy atom. The minimum Gasteiger partial charge on any atom is -0.354 e. The molecule has 0 unspecified atom stereocenters. The lowest BCUT2D eigenvalue weighted by atomic mass is 10.3. The Labute approximate surface area is 113 Å². The lowest BCUT2D eigenvalue weighted by molar-refractivity contribution is -0.117. The number of nitrogens with two attached hydrogens (primary N) is 1. The first kappa shape index (κ1) is 13.8. The molecule has 6 nitrogen and oxygen atoms in total. The summed E-state index contributed by atoms with van der Waals surface area (Å²) in [6.45, 7) is 5.71. The van der Waals surface area contributed by atoms with Crippen molar-refractivity contribution in [3.05, 3.63) is 18.3 Å². The second kappa shape index (κ2) is 5.99. The molecule has 104 valence electrons. The van der Waals surface area contributed by atoms with E-state index in [0.29, 0.717) is 5.69 Å². The number of carbonyl (C=O) groups excluding carboxylic acids is 1. The molecule has 2 rings (SSSR count). The average Bonchev–Trinajstić information content (AvgIpc) is 2.40. The molecule has 0 bridgehead atoms. The third-order valence-electron chi connectivity index (χ3n) is 3.26. The van der Waals surface area contributed by atoms with Gasteiger partial charge in [0.15, 0.2) is 0 Å². The van der Waals surface area contributed by atoms with Crippen LogP contribution in [0.25, 0.3) is 0 Å². The number of piperazine rings is 1. The molecule has 3 N–H and O–H groups in total. The Morgan fingerprint density at radius 2 is 2.05 bits per heavy atom. The van der Waals surface area contributed by atoms with Crippen LogP contribution in [0.1, 0.15) is 6.92 Å². The molecule has 1 aromatic rings. The third-order valence-corrected chi connectivity index (χ3v) is 3.26. The van der Waals surface area contributed by atoms with Crippen LogP contribution in [0.2, 0.25) is 0 Å². The number of rotatable bonds is 3. The molecule has 1 atom stereocenters. The van der Waals surface area contributed by atoms with Gasteiger partial charge in [0, 0.05) is 26.2 Å². The molecule has 1 fully saturated rings. The Balaban J connectivity index is 1.96. The summed E-state index contributed by atoms with van der Waals surface area (Å²) < 4.78 is 0. The van der Waals surface area contributed by atoms with Gasteiger partial charge in [0.25, 0.3) is 0 Å². The summed E-state index contributed by atoms with van der Waals surface area (Å²) in [5.41, 5.74) is 6.18. The van der Waals surface area contributed by atoms with Gasteiger partial charge in [0.2, 0.25) is 5.91 Å². The van der Waals surface area contributed by atoms with E-state index in [1.54, 1.807) is 13.1 Å². The first-order valence-electron chi connectivity index (χ1n) is 6.52. The zero-order valence-electron chi connectivity index (χ0n) is 11.5. The fourth-order valence-electron chi connectivity index (χ4n) is 1.94. The van der Waals surface area contributed by atoms with Crippen molar-refractivity contribution < 1.29 is 4.79 Å². The van der Waals surface area contributed by atoms with Gasteiger partial charge in [-0.05, 0) is 26.1 Å². The number of nitrogens with zero attached hydrogens (tertiary/aromatic N) is 3. The number of carbonyl (C=O) groups is 1. The van der Waals surface area contributed by atoms with E-state index in [1.165, 1.54) is 0 Å². The quantitative estimate of drug-likeness (QED) is 0.810. The highest BCUT2D eigenvalue weighted by Crippen LogP contribution is 2.15. The maximum absolute atomic E-state index is 11.5. The lowest BCUT2D eigenvalue weighted by Gasteiger charge is -2.33. The maximum atomic E-state index is 11.5. The van der Waals surface area contributed by atoms with Crippen LogP contribution in [0.5, 0.6) is 0 Å². The van der Waals surface area contributed by atoms with Crippen molar-refractivity contribution in [1.29, 1.82) is 0 Å². The van der Waals surface area contributed by atoms with Crippen molar-refractivity contribution in [1.82, 2.24) is 9.88 Å². The predicted octanol–water partition coefficient (Wildman–Crippen LogP) is 0.119. The standard InChI is InChI=1S/C13H21N5O/c1-10(14)13(19)16-11-3-4-12(15-9-11)18-7-5-17(2)6-8-18/h3-4,9-10H,5-8,14H2,1-2H3,(H,16,19)/t10-/m1/s1. The summed E-state index contributed by atoms with van der Waals surface area (Å²) in [5.74, 6) is 0.751. The van der Waals surface area contributed by atoms with Crippen LogP contribution in [-0.2, 0) is 4.79 Å². The van der Waals surface area contributed by atoms with Gasteiger partial charge in [-0.1, -0.05) is 0 Å². The molecular formula is C13H21N5O. The number of pyridine rings is 1. The molecule has 1 saturated heterocycles. The van der Waals surface area contributed by atoms with Gasteiger partial charge in [0.05, 0.1) is 17.9 Å². The Hall–Kier alpha value is -1.66. The van der Waals surface area contributed by atoms with E-state index < -0.39 is 6.04 Å². The average molecular weight is 263 g/mol. The molecule has 1 amide bonds. The van der Waals surface area contributed by atoms with Crippen molar-refractivity contribution in [2.75, 3.05) is 43.4 Å². The zero-order chi connectivity index (χ0) is 13.8. The highest BCUT2D eigenvalue weighted by atomic mass is 16.2. The topological polar surface area (TPSA) is 74.5 Å². The van der Waals surface area contributed by atoms with Crippen molar-refractivity contribution in [3.63, 3.8) is 0 Å². The van der Waals surface area contributed by atoms with Gasteiger partial charge in [-0.3, -0.25) is 4.79 Å². The first-order chi connectivity index (χ1) is 9.06. The number of likely N-dealkylation sites (N-methyl/N-ethyl adjacent to an activating group) is 1. The minimum absolute atomic E-state index is 0.200. The number of nitrogens with one attached hydrogen (secondary N) is 1. The maximum Gasteiger partial charge on any atom is 0.241 e. The molecule has 1 aromatic heterocycles. The van der Waals surface area contributed by atoms with Crippen LogP contribution in [0.3, 0.4) is 0 Å². The molecule has 1 aliphatic heterocycles. The summed E-state index contributed by atoms with van der Waals surface area (Å²) in [4.78, 5) is 20.4. The molecule has 6 heteroatoms. The second-order valence-corrected chi connectivity index (χ2v) is 4.97. The Morgan fingerprint density at radius 1 is 1.37 bits per heavy atom. The van der Waals surface area contributed by atoms with Crippen LogP contribution in [0.15, 0.2) is 18.3 Å². The largest absolute Gasteiger partial charge is 0.354 e. The van der Waals surface area contributed by atoms with Crippen molar-refractivity contribution in [2.45, 2.75) is 13.0 Å². The van der Waals surface area contributed by atoms with Gasteiger partial charge in [0.1, 0.15) is 5.82 Å². The number of hydrogen-bond donors (Lipinski definition) is 2. The molecule has 0 aromatic carbocycles. The normalized spacial score (nSPS) is 18.2. The zero-order valence-corrected chi connectivity index (χ0v) is 11.5. The van der Waals surface area contributed by atoms with Crippen molar-refractivity contribution in [3.8, 4) is 0 Å². The summed E-state index contributed by atoms with van der Waals surface area (Å²) in [6, 6.07) is 3.28. The van der Waals surface area contributed by atoms with Crippen LogP contribution in [0, 0.1) is 0 Å². The van der Waals surface area contributed by atoms with E-state index in [9.17, 15) is 4.79 Å². The second-order valence-electron chi connectivity index (χ2n) is 4.97. The minimum atomic E-state index is -0.516. The Kier molecular flexibility index (Phi) is 4.34. The van der Waals surface area contributed by atoms with E-state index in [0.717, 1.165) is 32.0 Å². The lowest BCUT2D eigenvalue weighted by Crippen LogP contribution is -2.44. The highest BCUT2D eigenvalue weighted by Gasteiger charge is 2.15. The summed E-state index contributed by atoms with van der Waals surface area (Å²) in [7, 11) is 2.12. The number of hydrogen-bond acceptors (Lipinski definition) is 5. The van der Waals surface area contributed by atoms with Crippen molar-refractivity contribution >= 4 is 17.4 Å². The van der Waals surface area contributed by atoms with E-state index in [4.69, 9.17) is 5.73 Å². The van der Waals surface area contributed by atoms with Crippen LogP contribution in [-0.4, -0.2) is 55.1 Å².